The maximum Gasteiger partial charge on any atom is 0.325 e. The van der Waals surface area contributed by atoms with E-state index in [1.807, 2.05) is 0 Å². The molecule has 1 aliphatic rings. The number of hydrogen-bond acceptors (Lipinski definition) is 7. The van der Waals surface area contributed by atoms with Crippen LogP contribution in [0.15, 0.2) is 0 Å². The van der Waals surface area contributed by atoms with Crippen molar-refractivity contribution in [2.24, 2.45) is 0 Å². The fourth-order valence-electron chi connectivity index (χ4n) is 1.39. The maximum atomic E-state index is 11.5. The molecule has 0 spiro atoms. The van der Waals surface area contributed by atoms with E-state index in [-0.39, 0.29) is 6.54 Å². The van der Waals surface area contributed by atoms with Gasteiger partial charge in [0.15, 0.2) is 12.4 Å². The van der Waals surface area contributed by atoms with Crippen molar-refractivity contribution >= 4 is 11.9 Å². The first-order valence-corrected chi connectivity index (χ1v) is 4.90. The predicted octanol–water partition coefficient (Wildman–Crippen LogP) is -2.63. The number of esters is 1. The molecule has 0 aromatic heterocycles. The van der Waals surface area contributed by atoms with Gasteiger partial charge in [-0.1, -0.05) is 0 Å². The largest absolute Gasteiger partial charge is 0.468 e. The molecule has 0 aliphatic carbocycles. The van der Waals surface area contributed by atoms with E-state index in [9.17, 15) is 19.8 Å². The van der Waals surface area contributed by atoms with Gasteiger partial charge in [-0.2, -0.15) is 0 Å². The molecule has 0 aromatic carbocycles. The Bertz CT molecular complexity index is 295. The van der Waals surface area contributed by atoms with Crippen LogP contribution in [-0.2, 0) is 23.8 Å². The first-order valence-electron chi connectivity index (χ1n) is 4.90. The van der Waals surface area contributed by atoms with Gasteiger partial charge in [0.1, 0.15) is 18.8 Å². The van der Waals surface area contributed by atoms with Crippen molar-refractivity contribution in [3.8, 4) is 0 Å². The van der Waals surface area contributed by atoms with E-state index in [4.69, 9.17) is 9.47 Å². The molecule has 0 radical (unpaired) electrons. The summed E-state index contributed by atoms with van der Waals surface area (Å²) in [6.45, 7) is -0.338. The molecule has 1 rings (SSSR count). The van der Waals surface area contributed by atoms with E-state index in [1.54, 1.807) is 0 Å². The Morgan fingerprint density at radius 3 is 2.41 bits per heavy atom. The topological polar surface area (TPSA) is 114 Å². The second kappa shape index (κ2) is 5.92. The third-order valence-electron chi connectivity index (χ3n) is 2.35. The van der Waals surface area contributed by atoms with Crippen molar-refractivity contribution in [1.29, 1.82) is 0 Å². The zero-order valence-electron chi connectivity index (χ0n) is 9.45. The SMILES string of the molecule is COC(=O)CNC(=O)[C@H]1O[C@@H](OC)[C@H](O)[C@@H]1O. The average molecular weight is 249 g/mol. The summed E-state index contributed by atoms with van der Waals surface area (Å²) in [6, 6.07) is 0. The van der Waals surface area contributed by atoms with Gasteiger partial charge in [-0.3, -0.25) is 9.59 Å². The van der Waals surface area contributed by atoms with Crippen LogP contribution in [0.1, 0.15) is 0 Å². The third kappa shape index (κ3) is 3.13. The molecule has 0 bridgehead atoms. The second-order valence-electron chi connectivity index (χ2n) is 3.44. The number of aliphatic hydroxyl groups is 2. The molecular weight excluding hydrogens is 234 g/mol. The number of aliphatic hydroxyl groups excluding tert-OH is 2. The van der Waals surface area contributed by atoms with Crippen molar-refractivity contribution in [1.82, 2.24) is 5.32 Å². The lowest BCUT2D eigenvalue weighted by atomic mass is 10.1. The van der Waals surface area contributed by atoms with E-state index in [0.29, 0.717) is 0 Å². The molecule has 17 heavy (non-hydrogen) atoms. The molecule has 3 N–H and O–H groups in total. The summed E-state index contributed by atoms with van der Waals surface area (Å²) >= 11 is 0. The molecule has 8 heteroatoms. The van der Waals surface area contributed by atoms with Crippen molar-refractivity contribution in [2.45, 2.75) is 24.6 Å². The average Bonchev–Trinajstić information content (AvgIpc) is 2.62. The molecule has 4 atom stereocenters. The zero-order chi connectivity index (χ0) is 13.0. The number of carbonyl (C=O) groups excluding carboxylic acids is 2. The van der Waals surface area contributed by atoms with Crippen LogP contribution < -0.4 is 5.32 Å². The van der Waals surface area contributed by atoms with Crippen LogP contribution >= 0.6 is 0 Å². The monoisotopic (exact) mass is 249 g/mol. The lowest BCUT2D eigenvalue weighted by Crippen LogP contribution is -2.44. The maximum absolute atomic E-state index is 11.5. The van der Waals surface area contributed by atoms with E-state index in [1.165, 1.54) is 14.2 Å². The Morgan fingerprint density at radius 1 is 1.29 bits per heavy atom. The van der Waals surface area contributed by atoms with E-state index < -0.39 is 36.5 Å². The van der Waals surface area contributed by atoms with Crippen molar-refractivity contribution in [3.05, 3.63) is 0 Å². The highest BCUT2D eigenvalue weighted by Gasteiger charge is 2.46. The van der Waals surface area contributed by atoms with Crippen LogP contribution in [0, 0.1) is 0 Å². The fourth-order valence-corrected chi connectivity index (χ4v) is 1.39. The molecule has 0 aromatic rings. The van der Waals surface area contributed by atoms with Crippen LogP contribution in [0.5, 0.6) is 0 Å². The Balaban J connectivity index is 2.50. The first-order chi connectivity index (χ1) is 8.01. The van der Waals surface area contributed by atoms with Gasteiger partial charge in [0, 0.05) is 7.11 Å². The number of methoxy groups -OCH3 is 2. The van der Waals surface area contributed by atoms with Crippen LogP contribution in [0.4, 0.5) is 0 Å². The minimum absolute atomic E-state index is 0.338. The van der Waals surface area contributed by atoms with Crippen molar-refractivity contribution in [3.63, 3.8) is 0 Å². The number of carbonyl (C=O) groups is 2. The standard InChI is InChI=1S/C9H15NO7/c1-15-4(11)3-10-8(14)7-5(12)6(13)9(16-2)17-7/h5-7,9,12-13H,3H2,1-2H3,(H,10,14)/t5-,6+,7-,9+/m0/s1. The number of hydrogen-bond donors (Lipinski definition) is 3. The lowest BCUT2D eigenvalue weighted by Gasteiger charge is -2.13. The molecule has 98 valence electrons. The second-order valence-corrected chi connectivity index (χ2v) is 3.44. The lowest BCUT2D eigenvalue weighted by molar-refractivity contribution is -0.161. The number of nitrogens with one attached hydrogen (secondary N) is 1. The van der Waals surface area contributed by atoms with Gasteiger partial charge in [0.25, 0.3) is 5.91 Å². The van der Waals surface area contributed by atoms with Gasteiger partial charge < -0.3 is 29.7 Å². The molecule has 1 saturated heterocycles. The summed E-state index contributed by atoms with van der Waals surface area (Å²) in [5.41, 5.74) is 0. The predicted molar refractivity (Wildman–Crippen MR) is 52.7 cm³/mol. The summed E-state index contributed by atoms with van der Waals surface area (Å²) in [7, 11) is 2.45. The van der Waals surface area contributed by atoms with E-state index in [0.717, 1.165) is 0 Å². The molecule has 1 amide bonds. The van der Waals surface area contributed by atoms with Gasteiger partial charge in [-0.25, -0.2) is 0 Å². The Hall–Kier alpha value is -1.22. The van der Waals surface area contributed by atoms with Gasteiger partial charge in [0.2, 0.25) is 0 Å². The summed E-state index contributed by atoms with van der Waals surface area (Å²) in [4.78, 5) is 22.3. The van der Waals surface area contributed by atoms with Crippen LogP contribution in [-0.4, -0.2) is 67.5 Å². The highest BCUT2D eigenvalue weighted by Crippen LogP contribution is 2.21. The molecular formula is C9H15NO7. The molecule has 8 nitrogen and oxygen atoms in total. The van der Waals surface area contributed by atoms with Crippen LogP contribution in [0.25, 0.3) is 0 Å². The highest BCUT2D eigenvalue weighted by atomic mass is 16.7. The fraction of sp³-hybridized carbons (Fsp3) is 0.778. The van der Waals surface area contributed by atoms with Gasteiger partial charge in [-0.05, 0) is 0 Å². The molecule has 0 saturated carbocycles. The third-order valence-corrected chi connectivity index (χ3v) is 2.35. The first kappa shape index (κ1) is 13.8. The van der Waals surface area contributed by atoms with E-state index >= 15 is 0 Å². The number of amides is 1. The number of rotatable bonds is 4. The molecule has 1 fully saturated rings. The summed E-state index contributed by atoms with van der Waals surface area (Å²) in [5, 5.41) is 21.2. The van der Waals surface area contributed by atoms with Crippen LogP contribution in [0.3, 0.4) is 0 Å². The molecule has 1 aliphatic heterocycles. The van der Waals surface area contributed by atoms with Gasteiger partial charge in [-0.15, -0.1) is 0 Å². The zero-order valence-corrected chi connectivity index (χ0v) is 9.45. The smallest absolute Gasteiger partial charge is 0.325 e. The summed E-state index contributed by atoms with van der Waals surface area (Å²) in [6.07, 6.45) is -5.06. The Kier molecular flexibility index (Phi) is 4.82. The minimum Gasteiger partial charge on any atom is -0.468 e. The highest BCUT2D eigenvalue weighted by molar-refractivity contribution is 5.85. The number of ether oxygens (including phenoxy) is 3. The quantitative estimate of drug-likeness (QED) is 0.467. The summed E-state index contributed by atoms with van der Waals surface area (Å²) in [5.74, 6) is -1.35. The van der Waals surface area contributed by atoms with Crippen LogP contribution in [0.2, 0.25) is 0 Å². The Labute approximate surface area is 97.5 Å². The normalized spacial score (nSPS) is 32.2. The van der Waals surface area contributed by atoms with Gasteiger partial charge >= 0.3 is 5.97 Å². The van der Waals surface area contributed by atoms with Gasteiger partial charge in [0.05, 0.1) is 7.11 Å². The molecule has 0 unspecified atom stereocenters. The minimum atomic E-state index is -1.41. The van der Waals surface area contributed by atoms with Crippen molar-refractivity contribution in [2.75, 3.05) is 20.8 Å². The van der Waals surface area contributed by atoms with Crippen molar-refractivity contribution < 1.29 is 34.0 Å². The van der Waals surface area contributed by atoms with E-state index in [2.05, 4.69) is 10.1 Å². The molecule has 1 heterocycles. The summed E-state index contributed by atoms with van der Waals surface area (Å²) < 4.78 is 14.0. The Morgan fingerprint density at radius 2 is 1.94 bits per heavy atom.